The van der Waals surface area contributed by atoms with E-state index in [9.17, 15) is 18.0 Å². The molecule has 0 fully saturated rings. The summed E-state index contributed by atoms with van der Waals surface area (Å²) in [6.45, 7) is 1.66. The van der Waals surface area contributed by atoms with Crippen molar-refractivity contribution >= 4 is 38.6 Å². The number of H-pyrrole nitrogens is 1. The predicted octanol–water partition coefficient (Wildman–Crippen LogP) is 4.28. The smallest absolute Gasteiger partial charge is 0.409 e. The first-order chi connectivity index (χ1) is 16.7. The lowest BCUT2D eigenvalue weighted by Crippen LogP contribution is -2.31. The fourth-order valence-electron chi connectivity index (χ4n) is 3.86. The van der Waals surface area contributed by atoms with Crippen molar-refractivity contribution in [1.82, 2.24) is 9.71 Å². The van der Waals surface area contributed by atoms with Gasteiger partial charge in [-0.25, -0.2) is 17.9 Å². The van der Waals surface area contributed by atoms with Gasteiger partial charge in [0.15, 0.2) is 0 Å². The van der Waals surface area contributed by atoms with Crippen molar-refractivity contribution in [3.8, 4) is 5.75 Å². The minimum Gasteiger partial charge on any atom is -0.496 e. The zero-order chi connectivity index (χ0) is 25.2. The number of rotatable bonds is 7. The van der Waals surface area contributed by atoms with E-state index in [2.05, 4.69) is 15.0 Å². The van der Waals surface area contributed by atoms with Crippen LogP contribution in [0.5, 0.6) is 5.75 Å². The quantitative estimate of drug-likeness (QED) is 0.303. The first kappa shape index (κ1) is 23.8. The number of methoxy groups -OCH3 is 1. The van der Waals surface area contributed by atoms with Gasteiger partial charge in [0.2, 0.25) is 0 Å². The largest absolute Gasteiger partial charge is 0.496 e. The van der Waals surface area contributed by atoms with Crippen molar-refractivity contribution < 1.29 is 27.9 Å². The van der Waals surface area contributed by atoms with E-state index >= 15 is 0 Å². The molecule has 9 nitrogen and oxygen atoms in total. The Kier molecular flexibility index (Phi) is 6.48. The minimum atomic E-state index is -4.04. The molecule has 4 N–H and O–H groups in total. The Morgan fingerprint density at radius 2 is 1.80 bits per heavy atom. The summed E-state index contributed by atoms with van der Waals surface area (Å²) >= 11 is 0. The number of benzene rings is 3. The van der Waals surface area contributed by atoms with Crippen molar-refractivity contribution in [1.29, 1.82) is 0 Å². The molecular weight excluding hydrogens is 470 g/mol. The average molecular weight is 494 g/mol. The Morgan fingerprint density at radius 3 is 2.51 bits per heavy atom. The zero-order valence-corrected chi connectivity index (χ0v) is 19.8. The van der Waals surface area contributed by atoms with Gasteiger partial charge >= 0.3 is 6.09 Å². The second-order valence-corrected chi connectivity index (χ2v) is 9.56. The topological polar surface area (TPSA) is 138 Å². The number of aromatic amines is 1. The third-order valence-corrected chi connectivity index (χ3v) is 7.05. The molecule has 35 heavy (non-hydrogen) atoms. The molecule has 0 aliphatic carbocycles. The van der Waals surface area contributed by atoms with Crippen molar-refractivity contribution in [2.75, 3.05) is 12.4 Å². The summed E-state index contributed by atoms with van der Waals surface area (Å²) in [5.41, 5.74) is 3.61. The van der Waals surface area contributed by atoms with Crippen molar-refractivity contribution in [2.24, 2.45) is 0 Å². The number of nitrogens with one attached hydrogen (secondary N) is 3. The lowest BCUT2D eigenvalue weighted by atomic mass is 10.0. The van der Waals surface area contributed by atoms with Gasteiger partial charge in [-0.2, -0.15) is 0 Å². The summed E-state index contributed by atoms with van der Waals surface area (Å²) in [4.78, 5) is 26.9. The number of carbonyl (C=O) groups is 2. The molecule has 180 valence electrons. The Labute approximate surface area is 201 Å². The molecule has 10 heteroatoms. The van der Waals surface area contributed by atoms with Crippen molar-refractivity contribution in [3.63, 3.8) is 0 Å². The summed E-state index contributed by atoms with van der Waals surface area (Å²) < 4.78 is 32.9. The molecule has 4 rings (SSSR count). The summed E-state index contributed by atoms with van der Waals surface area (Å²) in [7, 11) is -2.57. The Morgan fingerprint density at radius 1 is 1.03 bits per heavy atom. The maximum atomic E-state index is 12.7. The van der Waals surface area contributed by atoms with Crippen LogP contribution in [0, 0.1) is 6.92 Å². The second-order valence-electron chi connectivity index (χ2n) is 7.91. The third-order valence-electron chi connectivity index (χ3n) is 5.56. The van der Waals surface area contributed by atoms with E-state index in [1.54, 1.807) is 49.4 Å². The highest BCUT2D eigenvalue weighted by Gasteiger charge is 2.21. The number of aryl methyl sites for hydroxylation is 1. The van der Waals surface area contributed by atoms with Crippen LogP contribution in [0.25, 0.3) is 10.9 Å². The van der Waals surface area contributed by atoms with Crippen molar-refractivity contribution in [2.45, 2.75) is 18.2 Å². The monoisotopic (exact) mass is 493 g/mol. The van der Waals surface area contributed by atoms with Crippen LogP contribution in [-0.2, 0) is 16.4 Å². The van der Waals surface area contributed by atoms with Gasteiger partial charge in [0.25, 0.3) is 15.9 Å². The van der Waals surface area contributed by atoms with Crippen LogP contribution in [0.15, 0.2) is 71.8 Å². The molecule has 0 aliphatic rings. The predicted molar refractivity (Wildman–Crippen MR) is 132 cm³/mol. The number of sulfonamides is 1. The fourth-order valence-corrected chi connectivity index (χ4v) is 5.08. The lowest BCUT2D eigenvalue weighted by molar-refractivity contribution is 0.0981. The molecule has 4 aromatic rings. The molecular formula is C25H23N3O6S. The average Bonchev–Trinajstić information content (AvgIpc) is 3.20. The normalized spacial score (nSPS) is 11.3. The number of ether oxygens (including phenoxy) is 1. The first-order valence-corrected chi connectivity index (χ1v) is 12.1. The Balaban J connectivity index is 1.59. The number of carboxylic acid groups (broad SMARTS) is 1. The molecule has 3 aromatic carbocycles. The molecule has 0 spiro atoms. The first-order valence-electron chi connectivity index (χ1n) is 10.6. The number of anilines is 1. The summed E-state index contributed by atoms with van der Waals surface area (Å²) in [6.07, 6.45) is 1.11. The molecule has 0 radical (unpaired) electrons. The van der Waals surface area contributed by atoms with E-state index < -0.39 is 22.0 Å². The molecule has 2 amide bonds. The van der Waals surface area contributed by atoms with Crippen molar-refractivity contribution in [3.05, 3.63) is 89.1 Å². The van der Waals surface area contributed by atoms with Gasteiger partial charge < -0.3 is 14.8 Å². The Bertz CT molecular complexity index is 1540. The number of hydrogen-bond donors (Lipinski definition) is 4. The summed E-state index contributed by atoms with van der Waals surface area (Å²) in [6, 6.07) is 16.3. The summed E-state index contributed by atoms with van der Waals surface area (Å²) in [5, 5.41) is 12.2. The minimum absolute atomic E-state index is 0.0352. The maximum Gasteiger partial charge on any atom is 0.409 e. The number of hydrogen-bond acceptors (Lipinski definition) is 5. The van der Waals surface area contributed by atoms with Gasteiger partial charge in [0.1, 0.15) is 5.75 Å². The molecule has 0 bridgehead atoms. The fraction of sp³-hybridized carbons (Fsp3) is 0.120. The van der Waals surface area contributed by atoms with Crippen LogP contribution in [0.3, 0.4) is 0 Å². The van der Waals surface area contributed by atoms with E-state index in [0.29, 0.717) is 23.4 Å². The highest BCUT2D eigenvalue weighted by Crippen LogP contribution is 2.29. The standard InChI is InChI=1S/C25H23N3O6S/c1-15-5-3-4-6-23(15)35(32,33)28-24(29)17-8-7-16(22(12-17)34-2)11-18-14-26-21-10-9-19(13-20(18)21)27-25(30)31/h3-10,12-14,26-27H,11H2,1-2H3,(H,28,29)(H,30,31). The summed E-state index contributed by atoms with van der Waals surface area (Å²) in [5.74, 6) is -0.352. The van der Waals surface area contributed by atoms with Crippen LogP contribution in [0.4, 0.5) is 10.5 Å². The van der Waals surface area contributed by atoms with Gasteiger partial charge in [-0.1, -0.05) is 24.3 Å². The van der Waals surface area contributed by atoms with Gasteiger partial charge in [-0.15, -0.1) is 0 Å². The van der Waals surface area contributed by atoms with Crippen LogP contribution >= 0.6 is 0 Å². The molecule has 1 aromatic heterocycles. The van der Waals surface area contributed by atoms with Crippen LogP contribution in [0.2, 0.25) is 0 Å². The Hall–Kier alpha value is -4.31. The zero-order valence-electron chi connectivity index (χ0n) is 19.0. The molecule has 0 unspecified atom stereocenters. The number of carbonyl (C=O) groups excluding carboxylic acids is 1. The van der Waals surface area contributed by atoms with E-state index in [0.717, 1.165) is 22.0 Å². The van der Waals surface area contributed by atoms with Crippen LogP contribution in [-0.4, -0.2) is 37.6 Å². The van der Waals surface area contributed by atoms with Gasteiger partial charge in [-0.3, -0.25) is 10.1 Å². The third kappa shape index (κ3) is 5.12. The SMILES string of the molecule is COc1cc(C(=O)NS(=O)(=O)c2ccccc2C)ccc1Cc1c[nH]c2ccc(NC(=O)O)cc12. The molecule has 1 heterocycles. The van der Waals surface area contributed by atoms with Gasteiger partial charge in [0, 0.05) is 34.8 Å². The van der Waals surface area contributed by atoms with Crippen LogP contribution in [0.1, 0.15) is 27.0 Å². The van der Waals surface area contributed by atoms with Gasteiger partial charge in [0.05, 0.1) is 12.0 Å². The van der Waals surface area contributed by atoms with Crippen LogP contribution < -0.4 is 14.8 Å². The molecule has 0 saturated heterocycles. The number of fused-ring (bicyclic) bond motifs is 1. The van der Waals surface area contributed by atoms with E-state index in [4.69, 9.17) is 9.84 Å². The number of aromatic nitrogens is 1. The van der Waals surface area contributed by atoms with E-state index in [1.165, 1.54) is 25.3 Å². The number of amides is 2. The highest BCUT2D eigenvalue weighted by atomic mass is 32.2. The molecule has 0 saturated carbocycles. The van der Waals surface area contributed by atoms with Gasteiger partial charge in [-0.05, 0) is 60.0 Å². The lowest BCUT2D eigenvalue weighted by Gasteiger charge is -2.12. The van der Waals surface area contributed by atoms with E-state index in [-0.39, 0.29) is 10.5 Å². The second kappa shape index (κ2) is 9.51. The molecule has 0 atom stereocenters. The molecule has 0 aliphatic heterocycles. The van der Waals surface area contributed by atoms with E-state index in [1.807, 2.05) is 6.20 Å². The maximum absolute atomic E-state index is 12.7. The highest BCUT2D eigenvalue weighted by molar-refractivity contribution is 7.90.